The van der Waals surface area contributed by atoms with Crippen molar-refractivity contribution in [2.24, 2.45) is 0 Å². The molecule has 0 amide bonds. The Morgan fingerprint density at radius 2 is 2.21 bits per heavy atom. The molecule has 3 nitrogen and oxygen atoms in total. The Morgan fingerprint density at radius 1 is 1.29 bits per heavy atom. The smallest absolute Gasteiger partial charge is 0.143 e. The van der Waals surface area contributed by atoms with Crippen LogP contribution >= 0.6 is 11.3 Å². The van der Waals surface area contributed by atoms with Crippen LogP contribution in [0.4, 0.5) is 10.1 Å². The molecule has 0 aliphatic carbocycles. The molecule has 0 unspecified atom stereocenters. The van der Waals surface area contributed by atoms with Gasteiger partial charge in [0.2, 0.25) is 0 Å². The monoisotopic (exact) mass is 209 g/mol. The Labute approximate surface area is 84.6 Å². The highest BCUT2D eigenvalue weighted by molar-refractivity contribution is 7.09. The van der Waals surface area contributed by atoms with Crippen LogP contribution in [0, 0.1) is 5.82 Å². The van der Waals surface area contributed by atoms with Crippen molar-refractivity contribution in [2.45, 2.75) is 6.54 Å². The lowest BCUT2D eigenvalue weighted by molar-refractivity contribution is 0.622. The molecule has 0 fully saturated rings. The van der Waals surface area contributed by atoms with Crippen molar-refractivity contribution < 1.29 is 4.39 Å². The van der Waals surface area contributed by atoms with Crippen LogP contribution in [0.5, 0.6) is 0 Å². The molecule has 2 aromatic rings. The molecule has 0 atom stereocenters. The van der Waals surface area contributed by atoms with Gasteiger partial charge in [-0.3, -0.25) is 9.97 Å². The van der Waals surface area contributed by atoms with Gasteiger partial charge in [0.1, 0.15) is 5.82 Å². The molecule has 5 heteroatoms. The van der Waals surface area contributed by atoms with E-state index >= 15 is 0 Å². The first-order chi connectivity index (χ1) is 6.84. The van der Waals surface area contributed by atoms with Crippen molar-refractivity contribution in [1.82, 2.24) is 9.97 Å². The third kappa shape index (κ3) is 2.26. The molecule has 0 bridgehead atoms. The number of nitrogens with zero attached hydrogens (tertiary/aromatic N) is 2. The highest BCUT2D eigenvalue weighted by Gasteiger charge is 1.97. The van der Waals surface area contributed by atoms with Crippen molar-refractivity contribution in [1.29, 1.82) is 0 Å². The predicted octanol–water partition coefficient (Wildman–Crippen LogP) is 2.29. The van der Waals surface area contributed by atoms with Gasteiger partial charge < -0.3 is 5.32 Å². The normalized spacial score (nSPS) is 10.1. The number of rotatable bonds is 3. The zero-order chi connectivity index (χ0) is 9.80. The molecule has 14 heavy (non-hydrogen) atoms. The van der Waals surface area contributed by atoms with Crippen LogP contribution in [-0.2, 0) is 6.54 Å². The van der Waals surface area contributed by atoms with E-state index in [-0.39, 0.29) is 5.82 Å². The second kappa shape index (κ2) is 4.15. The number of hydrogen-bond acceptors (Lipinski definition) is 4. The molecular weight excluding hydrogens is 201 g/mol. The predicted molar refractivity (Wildman–Crippen MR) is 53.6 cm³/mol. The lowest BCUT2D eigenvalue weighted by Crippen LogP contribution is -1.98. The van der Waals surface area contributed by atoms with Crippen molar-refractivity contribution in [3.8, 4) is 0 Å². The summed E-state index contributed by atoms with van der Waals surface area (Å²) in [6.45, 7) is 0.649. The van der Waals surface area contributed by atoms with Crippen LogP contribution in [0.3, 0.4) is 0 Å². The number of anilines is 1. The van der Waals surface area contributed by atoms with Crippen LogP contribution in [0.15, 0.2) is 30.2 Å². The van der Waals surface area contributed by atoms with Gasteiger partial charge >= 0.3 is 0 Å². The first-order valence-electron chi connectivity index (χ1n) is 4.06. The Hall–Kier alpha value is -1.49. The number of pyridine rings is 1. The third-order valence-electron chi connectivity index (χ3n) is 1.66. The summed E-state index contributed by atoms with van der Waals surface area (Å²) in [6, 6.07) is 1.41. The van der Waals surface area contributed by atoms with Crippen molar-refractivity contribution in [3.63, 3.8) is 0 Å². The Bertz CT molecular complexity index is 402. The molecule has 0 spiro atoms. The van der Waals surface area contributed by atoms with E-state index in [1.807, 2.05) is 0 Å². The number of thiazole rings is 1. The van der Waals surface area contributed by atoms with Gasteiger partial charge in [-0.15, -0.1) is 11.3 Å². The van der Waals surface area contributed by atoms with Crippen molar-refractivity contribution >= 4 is 17.0 Å². The van der Waals surface area contributed by atoms with Crippen molar-refractivity contribution in [3.05, 3.63) is 40.9 Å². The molecule has 0 saturated carbocycles. The summed E-state index contributed by atoms with van der Waals surface area (Å²) in [5, 5.41) is 3.06. The van der Waals surface area contributed by atoms with Crippen molar-refractivity contribution in [2.75, 3.05) is 5.32 Å². The quantitative estimate of drug-likeness (QED) is 0.842. The SMILES string of the molecule is Fc1cncc(NCc2cncs2)c1. The van der Waals surface area contributed by atoms with Gasteiger partial charge in [-0.05, 0) is 0 Å². The lowest BCUT2D eigenvalue weighted by atomic mass is 10.4. The average Bonchev–Trinajstić information content (AvgIpc) is 2.67. The molecule has 2 aromatic heterocycles. The second-order valence-corrected chi connectivity index (χ2v) is 3.68. The molecule has 0 aliphatic rings. The summed E-state index contributed by atoms with van der Waals surface area (Å²) in [5.74, 6) is -0.334. The number of aromatic nitrogens is 2. The highest BCUT2D eigenvalue weighted by atomic mass is 32.1. The summed E-state index contributed by atoms with van der Waals surface area (Å²) in [7, 11) is 0. The van der Waals surface area contributed by atoms with Crippen LogP contribution < -0.4 is 5.32 Å². The van der Waals surface area contributed by atoms with E-state index in [4.69, 9.17) is 0 Å². The summed E-state index contributed by atoms with van der Waals surface area (Å²) in [5.41, 5.74) is 2.44. The minimum atomic E-state index is -0.334. The fourth-order valence-corrected chi connectivity index (χ4v) is 1.56. The minimum absolute atomic E-state index is 0.334. The van der Waals surface area contributed by atoms with Gasteiger partial charge in [-0.2, -0.15) is 0 Å². The van der Waals surface area contributed by atoms with Crippen LogP contribution in [-0.4, -0.2) is 9.97 Å². The Balaban J connectivity index is 1.98. The topological polar surface area (TPSA) is 37.8 Å². The van der Waals surface area contributed by atoms with Crippen LogP contribution in [0.2, 0.25) is 0 Å². The van der Waals surface area contributed by atoms with Gasteiger partial charge in [-0.1, -0.05) is 0 Å². The molecule has 1 N–H and O–H groups in total. The zero-order valence-corrected chi connectivity index (χ0v) is 8.09. The number of halogens is 1. The van der Waals surface area contributed by atoms with Gasteiger partial charge in [-0.25, -0.2) is 4.39 Å². The standard InChI is InChI=1S/C9H8FN3S/c10-7-1-8(3-11-2-7)13-5-9-4-12-6-14-9/h1-4,6,13H,5H2. The molecule has 2 heterocycles. The summed E-state index contributed by atoms with van der Waals surface area (Å²) < 4.78 is 12.7. The molecule has 0 aliphatic heterocycles. The molecule has 2 rings (SSSR count). The maximum Gasteiger partial charge on any atom is 0.143 e. The number of hydrogen-bond donors (Lipinski definition) is 1. The second-order valence-electron chi connectivity index (χ2n) is 2.71. The van der Waals surface area contributed by atoms with E-state index in [2.05, 4.69) is 15.3 Å². The molecule has 72 valence electrons. The first-order valence-corrected chi connectivity index (χ1v) is 4.94. The largest absolute Gasteiger partial charge is 0.379 e. The summed E-state index contributed by atoms with van der Waals surface area (Å²) in [6.07, 6.45) is 4.55. The van der Waals surface area contributed by atoms with Gasteiger partial charge in [0.15, 0.2) is 0 Å². The van der Waals surface area contributed by atoms with E-state index in [0.29, 0.717) is 12.2 Å². The Kier molecular flexibility index (Phi) is 2.69. The average molecular weight is 209 g/mol. The van der Waals surface area contributed by atoms with E-state index in [1.54, 1.807) is 29.2 Å². The maximum atomic E-state index is 12.7. The maximum absolute atomic E-state index is 12.7. The van der Waals surface area contributed by atoms with Gasteiger partial charge in [0.05, 0.1) is 30.1 Å². The first kappa shape index (κ1) is 9.08. The van der Waals surface area contributed by atoms with Gasteiger partial charge in [0.25, 0.3) is 0 Å². The van der Waals surface area contributed by atoms with Crippen LogP contribution in [0.1, 0.15) is 4.88 Å². The lowest BCUT2D eigenvalue weighted by Gasteiger charge is -2.02. The van der Waals surface area contributed by atoms with E-state index in [0.717, 1.165) is 4.88 Å². The van der Waals surface area contributed by atoms with Crippen LogP contribution in [0.25, 0.3) is 0 Å². The fraction of sp³-hybridized carbons (Fsp3) is 0.111. The Morgan fingerprint density at radius 3 is 2.93 bits per heavy atom. The van der Waals surface area contributed by atoms with E-state index in [1.165, 1.54) is 12.3 Å². The fourth-order valence-electron chi connectivity index (χ4n) is 1.03. The van der Waals surface area contributed by atoms with E-state index in [9.17, 15) is 4.39 Å². The minimum Gasteiger partial charge on any atom is -0.379 e. The summed E-state index contributed by atoms with van der Waals surface area (Å²) in [4.78, 5) is 8.78. The van der Waals surface area contributed by atoms with E-state index < -0.39 is 0 Å². The third-order valence-corrected chi connectivity index (χ3v) is 2.43. The zero-order valence-electron chi connectivity index (χ0n) is 7.27. The number of nitrogens with one attached hydrogen (secondary N) is 1. The highest BCUT2D eigenvalue weighted by Crippen LogP contribution is 2.11. The molecule has 0 saturated heterocycles. The van der Waals surface area contributed by atoms with Gasteiger partial charge in [0, 0.05) is 17.1 Å². The summed E-state index contributed by atoms with van der Waals surface area (Å²) >= 11 is 1.56. The molecule has 0 radical (unpaired) electrons. The molecular formula is C9H8FN3S. The molecule has 0 aromatic carbocycles.